The van der Waals surface area contributed by atoms with Gasteiger partial charge >= 0.3 is 6.18 Å². The lowest BCUT2D eigenvalue weighted by Gasteiger charge is -2.47. The Labute approximate surface area is 595 Å². The molecule has 13 aromatic carbocycles. The van der Waals surface area contributed by atoms with Crippen molar-refractivity contribution in [3.05, 3.63) is 319 Å². The zero-order chi connectivity index (χ0) is 100. The summed E-state index contributed by atoms with van der Waals surface area (Å²) in [7, 11) is 0. The molecule has 0 bridgehead atoms. The second-order valence-electron chi connectivity index (χ2n) is 20.2. The van der Waals surface area contributed by atoms with Gasteiger partial charge in [0, 0.05) is 83.6 Å². The first kappa shape index (κ1) is 25.2. The molecule has 0 amide bonds. The molecule has 432 valence electrons. The van der Waals surface area contributed by atoms with Crippen LogP contribution < -0.4 is 57.3 Å². The maximum Gasteiger partial charge on any atom is 0.419 e. The number of fused-ring (bicyclic) bond motifs is 8. The van der Waals surface area contributed by atoms with Crippen molar-refractivity contribution in [1.82, 2.24) is 0 Å². The number of anilines is 15. The zero-order valence-corrected chi connectivity index (χ0v) is 46.7. The van der Waals surface area contributed by atoms with Crippen LogP contribution in [-0.2, 0) is 6.18 Å². The smallest absolute Gasteiger partial charge is 0.311 e. The number of benzene rings is 13. The molecule has 17 rings (SSSR count). The fourth-order valence-corrected chi connectivity index (χ4v) is 13.3. The van der Waals surface area contributed by atoms with Crippen LogP contribution in [-0.4, -0.2) is 13.4 Å². The van der Waals surface area contributed by atoms with Crippen LogP contribution in [0.25, 0.3) is 11.1 Å². The maximum atomic E-state index is 19.5. The fraction of sp³-hybridized carbons (Fsp3) is 0.0250. The van der Waals surface area contributed by atoms with Crippen molar-refractivity contribution in [2.75, 3.05) is 24.5 Å². The van der Waals surface area contributed by atoms with Crippen molar-refractivity contribution in [3.8, 4) is 11.1 Å². The molecule has 4 aliphatic rings. The van der Waals surface area contributed by atoms with E-state index >= 15 is 13.2 Å². The zero-order valence-electron chi connectivity index (χ0n) is 90.9. The van der Waals surface area contributed by atoms with Crippen molar-refractivity contribution >= 4 is 143 Å². The van der Waals surface area contributed by atoms with Gasteiger partial charge in [-0.2, -0.15) is 13.2 Å². The summed E-state index contributed by atoms with van der Waals surface area (Å²) in [5, 5.41) is 0. The van der Waals surface area contributed by atoms with E-state index in [1.807, 2.05) is 0 Å². The molecule has 11 heteroatoms. The Kier molecular flexibility index (Phi) is 6.01. The van der Waals surface area contributed by atoms with Crippen LogP contribution in [0.1, 0.15) is 72.8 Å². The largest absolute Gasteiger partial charge is 0.419 e. The van der Waals surface area contributed by atoms with Crippen molar-refractivity contribution in [2.24, 2.45) is 0 Å². The van der Waals surface area contributed by atoms with E-state index in [9.17, 15) is 42.5 Å². The van der Waals surface area contributed by atoms with E-state index in [1.165, 1.54) is 0 Å². The Hall–Kier alpha value is -10.9. The van der Waals surface area contributed by atoms with E-state index in [1.54, 1.807) is 0 Å². The summed E-state index contributed by atoms with van der Waals surface area (Å²) in [4.78, 5) is 0.589. The number of hydrogen-bond donors (Lipinski definition) is 0. The van der Waals surface area contributed by atoms with Crippen LogP contribution >= 0.6 is 11.8 Å². The van der Waals surface area contributed by atoms with E-state index in [-0.39, 0.29) is 17.3 Å². The van der Waals surface area contributed by atoms with Gasteiger partial charge in [0.15, 0.2) is 0 Å². The molecule has 0 spiro atoms. The molecular weight excluding hydrogens is 1140 g/mol. The number of nitrogens with zero attached hydrogens (tertiary/aromatic N) is 5. The summed E-state index contributed by atoms with van der Waals surface area (Å²) in [6.07, 6.45) is -6.28. The van der Waals surface area contributed by atoms with E-state index in [0.29, 0.717) is 36.6 Å². The second-order valence-corrected chi connectivity index (χ2v) is 21.2. The van der Waals surface area contributed by atoms with Gasteiger partial charge in [-0.15, -0.1) is 0 Å². The van der Waals surface area contributed by atoms with Gasteiger partial charge in [0.1, 0.15) is 0 Å². The predicted octanol–water partition coefficient (Wildman–Crippen LogP) is 18.5. The van der Waals surface area contributed by atoms with Crippen molar-refractivity contribution < 1.29 is 74.9 Å². The van der Waals surface area contributed by atoms with Gasteiger partial charge in [-0.3, -0.25) is 0 Å². The van der Waals surface area contributed by atoms with Crippen LogP contribution in [0.3, 0.4) is 0 Å². The summed E-state index contributed by atoms with van der Waals surface area (Å²) in [6.45, 7) is -3.84. The average molecular weight is 1240 g/mol. The van der Waals surface area contributed by atoms with Crippen LogP contribution in [0.2, 0.25) is 0 Å². The summed E-state index contributed by atoms with van der Waals surface area (Å²) < 4.78 is 484. The normalized spacial score (nSPS) is 20.0. The van der Waals surface area contributed by atoms with E-state index in [0.717, 1.165) is 31.2 Å². The van der Waals surface area contributed by atoms with Gasteiger partial charge in [-0.05, 0) is 155 Å². The highest BCUT2D eigenvalue weighted by Crippen LogP contribution is 2.56. The minimum Gasteiger partial charge on any atom is -0.311 e. The first-order valence-corrected chi connectivity index (χ1v) is 27.8. The molecule has 4 heterocycles. The summed E-state index contributed by atoms with van der Waals surface area (Å²) >= 11 is -0.0348. The molecule has 0 radical (unpaired) electrons. The standard InChI is InChI=1S/C80H54B2F3N5S/c1-53-44-46-60(47-45-53)87(57-32-14-5-15-33-57)62-50-73-77-74(51-62)91-79-67(82(77)65-40-22-25-43-70(65)89(73)59-36-18-7-19-37-59)52-66-78(75(79)80(83,84)85)90(68-41-23-20-38-63(68)54-26-8-2-9-27-54)72-49-61(86(55-28-10-3-11-29-55)56-30-12-4-13-31-56)48-71-76(72)81(66)64-39-21-24-42-69(64)88(71)58-34-16-6-17-35-58/h2-52H,1H3/i2D,3D,4D,5D,6D,7D,8D,9D,10D,11D,12D,13D,14D,15D,16D,17D,18D,19D,20D,21D,22D,23D,24D,25D,26D,27D,28D,29D,30D,31D,32D,33D,34D,35D,36D,37D,39D,40D,41D,42D,43D,44D,45D,46D,47D. The molecular formula is C80H54B2F3N5S. The summed E-state index contributed by atoms with van der Waals surface area (Å²) in [5.74, 6) is 0. The summed E-state index contributed by atoms with van der Waals surface area (Å²) in [6, 6.07) is -49.7. The topological polar surface area (TPSA) is 16.2 Å². The van der Waals surface area contributed by atoms with Crippen LogP contribution in [0, 0.1) is 6.92 Å². The average Bonchev–Trinajstić information content (AvgIpc) is 0.664. The van der Waals surface area contributed by atoms with Crippen LogP contribution in [0.15, 0.2) is 318 Å². The van der Waals surface area contributed by atoms with Crippen molar-refractivity contribution in [3.63, 3.8) is 0 Å². The monoisotopic (exact) mass is 1240 g/mol. The number of rotatable bonds is 10. The van der Waals surface area contributed by atoms with Gasteiger partial charge < -0.3 is 24.5 Å². The quantitative estimate of drug-likeness (QED) is 0.126. The Morgan fingerprint density at radius 2 is 0.791 bits per heavy atom. The van der Waals surface area contributed by atoms with E-state index in [4.69, 9.17) is 19.2 Å². The van der Waals surface area contributed by atoms with Gasteiger partial charge in [0.2, 0.25) is 6.71 Å². The minimum atomic E-state index is -6.28. The lowest BCUT2D eigenvalue weighted by Crippen LogP contribution is -2.65. The lowest BCUT2D eigenvalue weighted by molar-refractivity contribution is -0.139. The molecule has 4 aliphatic heterocycles. The molecule has 0 fully saturated rings. The molecule has 0 unspecified atom stereocenters. The van der Waals surface area contributed by atoms with Crippen LogP contribution in [0.5, 0.6) is 0 Å². The predicted molar refractivity (Wildman–Crippen MR) is 375 cm³/mol. The fourth-order valence-electron chi connectivity index (χ4n) is 12.0. The van der Waals surface area contributed by atoms with Gasteiger partial charge in [0.25, 0.3) is 6.71 Å². The molecule has 0 saturated heterocycles. The highest BCUT2D eigenvalue weighted by atomic mass is 32.2. The Morgan fingerprint density at radius 3 is 1.32 bits per heavy atom. The van der Waals surface area contributed by atoms with Gasteiger partial charge in [-0.1, -0.05) is 216 Å². The van der Waals surface area contributed by atoms with Crippen molar-refractivity contribution in [1.29, 1.82) is 0 Å². The molecule has 0 atom stereocenters. The van der Waals surface area contributed by atoms with Gasteiger partial charge in [-0.25, -0.2) is 0 Å². The van der Waals surface area contributed by atoms with Gasteiger partial charge in [0.05, 0.1) is 84.3 Å². The molecule has 0 aromatic heterocycles. The molecule has 5 nitrogen and oxygen atoms in total. The Bertz CT molecular complexity index is 7460. The van der Waals surface area contributed by atoms with Crippen molar-refractivity contribution in [2.45, 2.75) is 22.9 Å². The number of para-hydroxylation sites is 8. The molecule has 0 N–H and O–H groups in total. The first-order chi connectivity index (χ1) is 63.4. The Balaban J connectivity index is 1.17. The second kappa shape index (κ2) is 21.7. The molecule has 0 aliphatic carbocycles. The minimum absolute atomic E-state index is 0.0348. The highest BCUT2D eigenvalue weighted by molar-refractivity contribution is 8.00. The lowest BCUT2D eigenvalue weighted by atomic mass is 9.30. The number of halogens is 3. The first-order valence-electron chi connectivity index (χ1n) is 49.5. The number of hydrogen-bond acceptors (Lipinski definition) is 6. The molecule has 13 aromatic rings. The highest BCUT2D eigenvalue weighted by Gasteiger charge is 2.53. The SMILES string of the molecule is [2H]c1cc(-c2c([2H])c([2H])c([2H])c([2H])c2[2H])c(N2c3cc(N(c4c([2H])c([2H])c([2H])c([2H])c4[2H])c4c([2H])c([2H])c([2H])c([2H])c4[2H])cc4c3B(c3cc5c(c(C(F)(F)F)c32)Sc2cc(N(c3c([2H])c([2H])c([2H])c([2H])c3[2H])c3c([2H])c([2H])c(C)c([2H])c3[2H])cc3c2B5c2c([2H])c([2H])c([2H])c([2H])c2N3c2c([2H])c([2H])c([2H])c([2H])c2[2H])c2c([2H])c([2H])c([2H])c([2H])c2N4c2c([2H])c([2H])c([2H])c([2H])c2[2H])c([2H])c1[2H]. The Morgan fingerprint density at radius 1 is 0.374 bits per heavy atom. The maximum absolute atomic E-state index is 19.5. The number of alkyl halides is 3. The van der Waals surface area contributed by atoms with E-state index < -0.39 is 436 Å². The third-order valence-electron chi connectivity index (χ3n) is 15.3. The molecule has 0 saturated carbocycles. The van der Waals surface area contributed by atoms with E-state index in [2.05, 4.69) is 0 Å². The third-order valence-corrected chi connectivity index (χ3v) is 16.5. The third kappa shape index (κ3) is 8.89. The molecule has 91 heavy (non-hydrogen) atoms. The van der Waals surface area contributed by atoms with Crippen LogP contribution in [0.4, 0.5) is 98.5 Å². The summed E-state index contributed by atoms with van der Waals surface area (Å²) in [5.41, 5.74) is -26.3.